The van der Waals surface area contributed by atoms with E-state index in [0.29, 0.717) is 5.56 Å². The van der Waals surface area contributed by atoms with Crippen molar-refractivity contribution in [1.82, 2.24) is 0 Å². The maximum atomic E-state index is 12.1. The summed E-state index contributed by atoms with van der Waals surface area (Å²) in [6, 6.07) is 8.37. The van der Waals surface area contributed by atoms with Gasteiger partial charge in [-0.05, 0) is 33.3 Å². The number of hydrogen-bond acceptors (Lipinski definition) is 3. The van der Waals surface area contributed by atoms with E-state index in [1.807, 2.05) is 0 Å². The van der Waals surface area contributed by atoms with Crippen molar-refractivity contribution in [1.29, 1.82) is 0 Å². The van der Waals surface area contributed by atoms with Gasteiger partial charge < -0.3 is 9.84 Å². The zero-order valence-corrected chi connectivity index (χ0v) is 11.1. The average Bonchev–Trinajstić information content (AvgIpc) is 2.26. The molecule has 0 aliphatic heterocycles. The van der Waals surface area contributed by atoms with Crippen LogP contribution in [0.15, 0.2) is 30.3 Å². The summed E-state index contributed by atoms with van der Waals surface area (Å²) in [6.45, 7) is 6.48. The van der Waals surface area contributed by atoms with Crippen molar-refractivity contribution in [3.63, 3.8) is 0 Å². The first-order valence-electron chi connectivity index (χ1n) is 5.70. The van der Waals surface area contributed by atoms with Crippen LogP contribution in [0.5, 0.6) is 0 Å². The monoisotopic (exact) mass is 250 g/mol. The van der Waals surface area contributed by atoms with Crippen LogP contribution in [0.1, 0.15) is 33.3 Å². The molecular weight excluding hydrogens is 232 g/mol. The molecule has 4 heteroatoms. The van der Waals surface area contributed by atoms with Gasteiger partial charge in [-0.3, -0.25) is 9.59 Å². The van der Waals surface area contributed by atoms with Gasteiger partial charge in [-0.25, -0.2) is 0 Å². The number of ether oxygens (including phenoxy) is 1. The van der Waals surface area contributed by atoms with Crippen LogP contribution in [-0.4, -0.2) is 22.6 Å². The highest BCUT2D eigenvalue weighted by molar-refractivity contribution is 6.05. The Morgan fingerprint density at radius 1 is 1.06 bits per heavy atom. The van der Waals surface area contributed by atoms with Crippen LogP contribution in [0, 0.1) is 0 Å². The SMILES string of the molecule is CC(C)(C)OC(=O)C(C)(C(=O)O)c1ccccc1. The van der Waals surface area contributed by atoms with Gasteiger partial charge in [-0.1, -0.05) is 30.3 Å². The van der Waals surface area contributed by atoms with Crippen molar-refractivity contribution in [2.24, 2.45) is 0 Å². The molecule has 1 aromatic rings. The maximum absolute atomic E-state index is 12.1. The highest BCUT2D eigenvalue weighted by atomic mass is 16.6. The second-order valence-corrected chi connectivity index (χ2v) is 5.30. The van der Waals surface area contributed by atoms with Crippen molar-refractivity contribution < 1.29 is 19.4 Å². The van der Waals surface area contributed by atoms with Crippen molar-refractivity contribution in [2.45, 2.75) is 38.7 Å². The zero-order chi connectivity index (χ0) is 14.0. The highest BCUT2D eigenvalue weighted by Crippen LogP contribution is 2.27. The van der Waals surface area contributed by atoms with E-state index in [2.05, 4.69) is 0 Å². The van der Waals surface area contributed by atoms with Gasteiger partial charge in [0.2, 0.25) is 0 Å². The standard InChI is InChI=1S/C14H18O4/c1-13(2,3)18-12(17)14(4,11(15)16)10-8-6-5-7-9-10/h5-9H,1-4H3,(H,15,16). The molecule has 0 aromatic heterocycles. The third kappa shape index (κ3) is 2.88. The van der Waals surface area contributed by atoms with Crippen LogP contribution in [0.2, 0.25) is 0 Å². The van der Waals surface area contributed by atoms with Crippen molar-refractivity contribution in [3.8, 4) is 0 Å². The molecule has 18 heavy (non-hydrogen) atoms. The van der Waals surface area contributed by atoms with Crippen molar-refractivity contribution >= 4 is 11.9 Å². The number of carboxylic acid groups (broad SMARTS) is 1. The summed E-state index contributed by atoms with van der Waals surface area (Å²) in [4.78, 5) is 23.6. The lowest BCUT2D eigenvalue weighted by molar-refractivity contribution is -0.168. The molecule has 1 aromatic carbocycles. The van der Waals surface area contributed by atoms with Gasteiger partial charge in [0.1, 0.15) is 5.60 Å². The largest absolute Gasteiger partial charge is 0.480 e. The first-order valence-corrected chi connectivity index (χ1v) is 5.70. The molecule has 1 unspecified atom stereocenters. The third-order valence-corrected chi connectivity index (χ3v) is 2.59. The van der Waals surface area contributed by atoms with E-state index in [1.54, 1.807) is 51.1 Å². The molecule has 1 atom stereocenters. The van der Waals surface area contributed by atoms with Gasteiger partial charge in [-0.2, -0.15) is 0 Å². The van der Waals surface area contributed by atoms with Crippen LogP contribution in [0.3, 0.4) is 0 Å². The first kappa shape index (κ1) is 14.2. The van der Waals surface area contributed by atoms with Crippen LogP contribution in [0.25, 0.3) is 0 Å². The molecule has 0 radical (unpaired) electrons. The summed E-state index contributed by atoms with van der Waals surface area (Å²) >= 11 is 0. The van der Waals surface area contributed by atoms with Crippen molar-refractivity contribution in [3.05, 3.63) is 35.9 Å². The first-order chi connectivity index (χ1) is 8.18. The van der Waals surface area contributed by atoms with Crippen LogP contribution < -0.4 is 0 Å². The molecule has 0 saturated carbocycles. The Labute approximate surface area is 107 Å². The lowest BCUT2D eigenvalue weighted by atomic mass is 9.82. The van der Waals surface area contributed by atoms with E-state index in [0.717, 1.165) is 0 Å². The van der Waals surface area contributed by atoms with Gasteiger partial charge in [0.15, 0.2) is 5.41 Å². The van der Waals surface area contributed by atoms with Gasteiger partial charge in [0.25, 0.3) is 0 Å². The number of aliphatic carboxylic acids is 1. The molecule has 0 bridgehead atoms. The van der Waals surface area contributed by atoms with Crippen LogP contribution in [0.4, 0.5) is 0 Å². The van der Waals surface area contributed by atoms with Gasteiger partial charge in [-0.15, -0.1) is 0 Å². The summed E-state index contributed by atoms with van der Waals surface area (Å²) in [6.07, 6.45) is 0. The summed E-state index contributed by atoms with van der Waals surface area (Å²) in [5, 5.41) is 9.35. The number of hydrogen-bond donors (Lipinski definition) is 1. The Balaban J connectivity index is 3.17. The predicted molar refractivity (Wildman–Crippen MR) is 67.3 cm³/mol. The molecule has 0 saturated heterocycles. The van der Waals surface area contributed by atoms with E-state index in [4.69, 9.17) is 4.74 Å². The number of carbonyl (C=O) groups excluding carboxylic acids is 1. The Kier molecular flexibility index (Phi) is 3.79. The number of rotatable bonds is 3. The minimum absolute atomic E-state index is 0.409. The number of carbonyl (C=O) groups is 2. The average molecular weight is 250 g/mol. The molecule has 0 spiro atoms. The van der Waals surface area contributed by atoms with E-state index < -0.39 is 23.0 Å². The summed E-state index contributed by atoms with van der Waals surface area (Å²) in [7, 11) is 0. The third-order valence-electron chi connectivity index (χ3n) is 2.59. The van der Waals surface area contributed by atoms with Gasteiger partial charge >= 0.3 is 11.9 Å². The fourth-order valence-corrected chi connectivity index (χ4v) is 1.48. The molecule has 1 rings (SSSR count). The number of benzene rings is 1. The zero-order valence-electron chi connectivity index (χ0n) is 11.1. The second-order valence-electron chi connectivity index (χ2n) is 5.30. The Morgan fingerprint density at radius 3 is 1.94 bits per heavy atom. The predicted octanol–water partition coefficient (Wildman–Crippen LogP) is 2.37. The Morgan fingerprint density at radius 2 is 1.56 bits per heavy atom. The van der Waals surface area contributed by atoms with Crippen LogP contribution >= 0.6 is 0 Å². The smallest absolute Gasteiger partial charge is 0.328 e. The van der Waals surface area contributed by atoms with E-state index in [-0.39, 0.29) is 0 Å². The lowest BCUT2D eigenvalue weighted by Crippen LogP contribution is -2.45. The minimum atomic E-state index is -1.69. The van der Waals surface area contributed by atoms with E-state index in [9.17, 15) is 14.7 Å². The maximum Gasteiger partial charge on any atom is 0.328 e. The molecule has 0 heterocycles. The molecule has 1 N–H and O–H groups in total. The topological polar surface area (TPSA) is 63.6 Å². The Hall–Kier alpha value is -1.84. The minimum Gasteiger partial charge on any atom is -0.480 e. The number of esters is 1. The van der Waals surface area contributed by atoms with Crippen LogP contribution in [-0.2, 0) is 19.7 Å². The second kappa shape index (κ2) is 4.80. The summed E-state index contributed by atoms with van der Waals surface area (Å²) in [5.41, 5.74) is -2.00. The molecule has 0 amide bonds. The van der Waals surface area contributed by atoms with Crippen molar-refractivity contribution in [2.75, 3.05) is 0 Å². The summed E-state index contributed by atoms with van der Waals surface area (Å²) in [5.74, 6) is -1.98. The Bertz CT molecular complexity index is 445. The van der Waals surface area contributed by atoms with Gasteiger partial charge in [0.05, 0.1) is 0 Å². The number of carboxylic acids is 1. The van der Waals surface area contributed by atoms with Gasteiger partial charge in [0, 0.05) is 0 Å². The molecular formula is C14H18O4. The normalized spacial score (nSPS) is 14.7. The lowest BCUT2D eigenvalue weighted by Gasteiger charge is -2.28. The highest BCUT2D eigenvalue weighted by Gasteiger charge is 2.46. The van der Waals surface area contributed by atoms with E-state index in [1.165, 1.54) is 6.92 Å². The van der Waals surface area contributed by atoms with E-state index >= 15 is 0 Å². The molecule has 0 aliphatic carbocycles. The summed E-state index contributed by atoms with van der Waals surface area (Å²) < 4.78 is 5.20. The molecule has 4 nitrogen and oxygen atoms in total. The quantitative estimate of drug-likeness (QED) is 0.660. The fraction of sp³-hybridized carbons (Fsp3) is 0.429. The molecule has 98 valence electrons. The fourth-order valence-electron chi connectivity index (χ4n) is 1.48. The molecule has 0 fully saturated rings. The molecule has 0 aliphatic rings.